The molecule has 0 spiro atoms. The third kappa shape index (κ3) is 1.87. The van der Waals surface area contributed by atoms with Gasteiger partial charge in [-0.2, -0.15) is 0 Å². The van der Waals surface area contributed by atoms with Crippen LogP contribution in [0.5, 0.6) is 0 Å². The van der Waals surface area contributed by atoms with Gasteiger partial charge >= 0.3 is 5.97 Å². The second kappa shape index (κ2) is 4.55. The van der Waals surface area contributed by atoms with E-state index < -0.39 is 0 Å². The maximum atomic E-state index is 11.6. The molecule has 0 amide bonds. The van der Waals surface area contributed by atoms with Gasteiger partial charge in [-0.1, -0.05) is 6.07 Å². The molecule has 86 valence electrons. The molecule has 16 heavy (non-hydrogen) atoms. The van der Waals surface area contributed by atoms with Gasteiger partial charge in [0.15, 0.2) is 0 Å². The van der Waals surface area contributed by atoms with E-state index in [-0.39, 0.29) is 12.0 Å². The van der Waals surface area contributed by atoms with Crippen LogP contribution < -0.4 is 5.32 Å². The Hall–Kier alpha value is -0.870. The number of hydrogen-bond donors (Lipinski definition) is 1. The normalized spacial score (nSPS) is 19.1. The number of nitrogens with one attached hydrogen (secondary N) is 1. The van der Waals surface area contributed by atoms with Crippen LogP contribution in [0.1, 0.15) is 34.5 Å². The summed E-state index contributed by atoms with van der Waals surface area (Å²) in [5.41, 5.74) is 3.07. The van der Waals surface area contributed by atoms with Crippen molar-refractivity contribution in [1.82, 2.24) is 5.32 Å². The van der Waals surface area contributed by atoms with Gasteiger partial charge in [0.1, 0.15) is 0 Å². The number of methoxy groups -OCH3 is 1. The van der Waals surface area contributed by atoms with Crippen molar-refractivity contribution in [2.45, 2.75) is 19.4 Å². The summed E-state index contributed by atoms with van der Waals surface area (Å²) in [6.07, 6.45) is 1.000. The summed E-state index contributed by atoms with van der Waals surface area (Å²) in [5.74, 6) is -0.299. The molecule has 1 unspecified atom stereocenters. The highest BCUT2D eigenvalue weighted by Gasteiger charge is 2.22. The number of rotatable bonds is 1. The summed E-state index contributed by atoms with van der Waals surface area (Å²) in [6, 6.07) is 4.11. The highest BCUT2D eigenvalue weighted by atomic mass is 79.9. The molecule has 1 aromatic carbocycles. The monoisotopic (exact) mass is 283 g/mol. The van der Waals surface area contributed by atoms with E-state index in [1.165, 1.54) is 18.2 Å². The molecule has 1 atom stereocenters. The molecule has 0 bridgehead atoms. The number of carbonyl (C=O) groups excluding carboxylic acids is 1. The molecule has 1 heterocycles. The fourth-order valence-corrected chi connectivity index (χ4v) is 3.00. The molecule has 0 saturated heterocycles. The number of ether oxygens (including phenoxy) is 1. The van der Waals surface area contributed by atoms with E-state index in [0.717, 1.165) is 17.4 Å². The van der Waals surface area contributed by atoms with E-state index in [0.29, 0.717) is 5.56 Å². The molecule has 0 aliphatic carbocycles. The summed E-state index contributed by atoms with van der Waals surface area (Å²) in [5, 5.41) is 3.38. The fraction of sp³-hybridized carbons (Fsp3) is 0.417. The highest BCUT2D eigenvalue weighted by Crippen LogP contribution is 2.33. The standard InChI is InChI=1S/C12H14BrNO2/c1-7-10-8(5-6-14-7)3-4-9(11(10)13)12(15)16-2/h3-4,7,14H,5-6H2,1-2H3. The molecule has 0 aromatic heterocycles. The second-order valence-corrected chi connectivity index (χ2v) is 4.71. The van der Waals surface area contributed by atoms with E-state index in [4.69, 9.17) is 4.74 Å². The lowest BCUT2D eigenvalue weighted by Crippen LogP contribution is -2.28. The van der Waals surface area contributed by atoms with Crippen molar-refractivity contribution in [2.24, 2.45) is 0 Å². The van der Waals surface area contributed by atoms with Crippen molar-refractivity contribution in [2.75, 3.05) is 13.7 Å². The van der Waals surface area contributed by atoms with Gasteiger partial charge in [-0.05, 0) is 53.0 Å². The van der Waals surface area contributed by atoms with Gasteiger partial charge in [0.2, 0.25) is 0 Å². The van der Waals surface area contributed by atoms with Crippen molar-refractivity contribution in [3.05, 3.63) is 33.3 Å². The van der Waals surface area contributed by atoms with Gasteiger partial charge in [-0.3, -0.25) is 0 Å². The van der Waals surface area contributed by atoms with Crippen LogP contribution >= 0.6 is 15.9 Å². The van der Waals surface area contributed by atoms with Crippen LogP contribution in [-0.4, -0.2) is 19.6 Å². The van der Waals surface area contributed by atoms with Gasteiger partial charge in [0.25, 0.3) is 0 Å². The topological polar surface area (TPSA) is 38.3 Å². The van der Waals surface area contributed by atoms with Crippen molar-refractivity contribution < 1.29 is 9.53 Å². The Labute approximate surface area is 103 Å². The minimum absolute atomic E-state index is 0.266. The summed E-state index contributed by atoms with van der Waals surface area (Å²) < 4.78 is 5.61. The molecule has 4 heteroatoms. The van der Waals surface area contributed by atoms with Crippen molar-refractivity contribution >= 4 is 21.9 Å². The molecule has 0 fully saturated rings. The third-order valence-electron chi connectivity index (χ3n) is 2.95. The highest BCUT2D eigenvalue weighted by molar-refractivity contribution is 9.10. The van der Waals surface area contributed by atoms with Gasteiger partial charge < -0.3 is 10.1 Å². The number of carbonyl (C=O) groups is 1. The van der Waals surface area contributed by atoms with E-state index in [1.807, 2.05) is 12.1 Å². The van der Waals surface area contributed by atoms with Crippen LogP contribution in [0.25, 0.3) is 0 Å². The lowest BCUT2D eigenvalue weighted by molar-refractivity contribution is 0.0599. The molecule has 0 saturated carbocycles. The Morgan fingerprint density at radius 2 is 2.31 bits per heavy atom. The van der Waals surface area contributed by atoms with Crippen LogP contribution in [0.3, 0.4) is 0 Å². The molecule has 2 rings (SSSR count). The SMILES string of the molecule is COC(=O)c1ccc2c(c1Br)C(C)NCC2. The van der Waals surface area contributed by atoms with Crippen LogP contribution in [-0.2, 0) is 11.2 Å². The van der Waals surface area contributed by atoms with Gasteiger partial charge in [-0.15, -0.1) is 0 Å². The predicted molar refractivity (Wildman–Crippen MR) is 65.6 cm³/mol. The third-order valence-corrected chi connectivity index (χ3v) is 3.81. The first-order valence-electron chi connectivity index (χ1n) is 5.28. The molecule has 0 radical (unpaired) electrons. The summed E-state index contributed by atoms with van der Waals surface area (Å²) in [7, 11) is 1.40. The fourth-order valence-electron chi connectivity index (χ4n) is 2.11. The zero-order valence-electron chi connectivity index (χ0n) is 9.34. The molecule has 1 aliphatic rings. The first-order chi connectivity index (χ1) is 7.65. The lowest BCUT2D eigenvalue weighted by atomic mass is 9.93. The molecular weight excluding hydrogens is 270 g/mol. The van der Waals surface area contributed by atoms with Crippen molar-refractivity contribution in [3.63, 3.8) is 0 Å². The van der Waals surface area contributed by atoms with Crippen LogP contribution in [0, 0.1) is 0 Å². The largest absolute Gasteiger partial charge is 0.465 e. The number of benzene rings is 1. The molecular formula is C12H14BrNO2. The van der Waals surface area contributed by atoms with Crippen molar-refractivity contribution in [1.29, 1.82) is 0 Å². The average Bonchev–Trinajstić information content (AvgIpc) is 2.28. The average molecular weight is 284 g/mol. The maximum Gasteiger partial charge on any atom is 0.339 e. The van der Waals surface area contributed by atoms with Gasteiger partial charge in [0, 0.05) is 10.5 Å². The number of fused-ring (bicyclic) bond motifs is 1. The van der Waals surface area contributed by atoms with Gasteiger partial charge in [0.05, 0.1) is 12.7 Å². The minimum Gasteiger partial charge on any atom is -0.465 e. The Bertz CT molecular complexity index is 431. The molecule has 1 aliphatic heterocycles. The quantitative estimate of drug-likeness (QED) is 0.805. The Morgan fingerprint density at radius 1 is 1.56 bits per heavy atom. The Balaban J connectivity index is 2.53. The van der Waals surface area contributed by atoms with Crippen LogP contribution in [0.2, 0.25) is 0 Å². The Kier molecular flexibility index (Phi) is 3.30. The Morgan fingerprint density at radius 3 is 3.00 bits per heavy atom. The first-order valence-corrected chi connectivity index (χ1v) is 6.07. The summed E-state index contributed by atoms with van der Waals surface area (Å²) in [4.78, 5) is 11.6. The molecule has 1 aromatic rings. The van der Waals surface area contributed by atoms with E-state index in [2.05, 4.69) is 28.2 Å². The second-order valence-electron chi connectivity index (χ2n) is 3.92. The number of hydrogen-bond acceptors (Lipinski definition) is 3. The first kappa shape index (κ1) is 11.6. The number of halogens is 1. The molecule has 3 nitrogen and oxygen atoms in total. The zero-order valence-corrected chi connectivity index (χ0v) is 10.9. The summed E-state index contributed by atoms with van der Waals surface area (Å²) >= 11 is 3.51. The summed E-state index contributed by atoms with van der Waals surface area (Å²) in [6.45, 7) is 3.09. The predicted octanol–water partition coefficient (Wildman–Crippen LogP) is 2.44. The van der Waals surface area contributed by atoms with Crippen LogP contribution in [0.4, 0.5) is 0 Å². The van der Waals surface area contributed by atoms with Crippen molar-refractivity contribution in [3.8, 4) is 0 Å². The minimum atomic E-state index is -0.299. The number of esters is 1. The van der Waals surface area contributed by atoms with E-state index in [1.54, 1.807) is 0 Å². The van der Waals surface area contributed by atoms with E-state index in [9.17, 15) is 4.79 Å². The smallest absolute Gasteiger partial charge is 0.339 e. The van der Waals surface area contributed by atoms with Gasteiger partial charge in [-0.25, -0.2) is 4.79 Å². The lowest BCUT2D eigenvalue weighted by Gasteiger charge is -2.26. The molecule has 1 N–H and O–H groups in total. The van der Waals surface area contributed by atoms with E-state index >= 15 is 0 Å². The maximum absolute atomic E-state index is 11.6. The van der Waals surface area contributed by atoms with Crippen LogP contribution in [0.15, 0.2) is 16.6 Å². The zero-order chi connectivity index (χ0) is 11.7.